The topological polar surface area (TPSA) is 78.0 Å². The molecule has 0 N–H and O–H groups in total. The van der Waals surface area contributed by atoms with Crippen molar-refractivity contribution in [2.45, 2.75) is 20.1 Å². The third-order valence-corrected chi connectivity index (χ3v) is 5.94. The maximum atomic E-state index is 12.5. The Balaban J connectivity index is 1.36. The van der Waals surface area contributed by atoms with Gasteiger partial charge in [0.05, 0.1) is 24.1 Å². The number of nitrogens with zero attached hydrogens (tertiary/aromatic N) is 2. The number of methoxy groups -OCH3 is 1. The number of benzene rings is 3. The Kier molecular flexibility index (Phi) is 7.74. The van der Waals surface area contributed by atoms with Gasteiger partial charge in [0.2, 0.25) is 5.91 Å². The number of carbonyl (C=O) groups is 2. The lowest BCUT2D eigenvalue weighted by Crippen LogP contribution is -2.23. The minimum absolute atomic E-state index is 0.0146. The van der Waals surface area contributed by atoms with Crippen molar-refractivity contribution >= 4 is 34.0 Å². The van der Waals surface area contributed by atoms with Gasteiger partial charge in [0.25, 0.3) is 0 Å². The molecule has 0 spiro atoms. The van der Waals surface area contributed by atoms with E-state index in [2.05, 4.69) is 4.98 Å². The lowest BCUT2D eigenvalue weighted by atomic mass is 10.2. The molecule has 0 aliphatic rings. The van der Waals surface area contributed by atoms with Gasteiger partial charge >= 0.3 is 5.97 Å². The molecule has 0 unspecified atom stereocenters. The summed E-state index contributed by atoms with van der Waals surface area (Å²) in [6.07, 6.45) is 0. The van der Waals surface area contributed by atoms with E-state index in [9.17, 15) is 9.59 Å². The first kappa shape index (κ1) is 24.0. The summed E-state index contributed by atoms with van der Waals surface area (Å²) >= 11 is 1.28. The second-order valence-electron chi connectivity index (χ2n) is 7.52. The van der Waals surface area contributed by atoms with E-state index < -0.39 is 5.97 Å². The van der Waals surface area contributed by atoms with Gasteiger partial charge in [-0.05, 0) is 42.0 Å². The number of rotatable bonds is 9. The molecule has 0 saturated heterocycles. The molecule has 0 atom stereocenters. The molecule has 35 heavy (non-hydrogen) atoms. The lowest BCUT2D eigenvalue weighted by Gasteiger charge is -2.20. The second kappa shape index (κ2) is 11.3. The van der Waals surface area contributed by atoms with Crippen LogP contribution in [0, 0.1) is 0 Å². The molecular weight excluding hydrogens is 464 g/mol. The van der Waals surface area contributed by atoms with Crippen LogP contribution in [-0.4, -0.2) is 24.0 Å². The fraction of sp³-hybridized carbons (Fsp3) is 0.148. The van der Waals surface area contributed by atoms with Crippen LogP contribution in [-0.2, 0) is 22.7 Å². The number of para-hydroxylation sites is 2. The van der Waals surface area contributed by atoms with Crippen LogP contribution in [0.4, 0.5) is 10.8 Å². The fourth-order valence-corrected chi connectivity index (χ4v) is 4.20. The van der Waals surface area contributed by atoms with E-state index in [0.29, 0.717) is 40.2 Å². The Bertz CT molecular complexity index is 1290. The molecule has 0 radical (unpaired) electrons. The first-order chi connectivity index (χ1) is 17.0. The summed E-state index contributed by atoms with van der Waals surface area (Å²) in [6, 6.07) is 23.9. The second-order valence-corrected chi connectivity index (χ2v) is 8.36. The highest BCUT2D eigenvalue weighted by Crippen LogP contribution is 2.35. The standard InChI is InChI=1S/C27H24N2O5S/c1-19(30)29(24-10-6-7-11-25(24)32-2)27-28-22(18-35-27)17-34-26(31)21-12-14-23(15-13-21)33-16-20-8-4-3-5-9-20/h3-15,18H,16-17H2,1-2H3. The summed E-state index contributed by atoms with van der Waals surface area (Å²) in [5.41, 5.74) is 2.61. The summed E-state index contributed by atoms with van der Waals surface area (Å²) in [6.45, 7) is 1.89. The first-order valence-electron chi connectivity index (χ1n) is 10.9. The molecule has 4 aromatic rings. The van der Waals surface area contributed by atoms with Crippen molar-refractivity contribution in [2.24, 2.45) is 0 Å². The van der Waals surface area contributed by atoms with E-state index in [1.165, 1.54) is 23.2 Å². The maximum absolute atomic E-state index is 12.5. The van der Waals surface area contributed by atoms with Crippen LogP contribution in [0.5, 0.6) is 11.5 Å². The molecular formula is C27H24N2O5S. The first-order valence-corrected chi connectivity index (χ1v) is 11.7. The van der Waals surface area contributed by atoms with Gasteiger partial charge in [-0.25, -0.2) is 9.78 Å². The smallest absolute Gasteiger partial charge is 0.338 e. The average molecular weight is 489 g/mol. The molecule has 178 valence electrons. The van der Waals surface area contributed by atoms with Crippen molar-refractivity contribution in [2.75, 3.05) is 12.0 Å². The molecule has 7 nitrogen and oxygen atoms in total. The summed E-state index contributed by atoms with van der Waals surface area (Å²) < 4.78 is 16.6. The van der Waals surface area contributed by atoms with Crippen LogP contribution in [0.25, 0.3) is 0 Å². The number of aromatic nitrogens is 1. The third-order valence-electron chi connectivity index (χ3n) is 5.06. The largest absolute Gasteiger partial charge is 0.495 e. The molecule has 0 bridgehead atoms. The van der Waals surface area contributed by atoms with Crippen molar-refractivity contribution < 1.29 is 23.8 Å². The minimum Gasteiger partial charge on any atom is -0.495 e. The zero-order valence-electron chi connectivity index (χ0n) is 19.3. The monoisotopic (exact) mass is 488 g/mol. The molecule has 1 aromatic heterocycles. The number of carbonyl (C=O) groups excluding carboxylic acids is 2. The van der Waals surface area contributed by atoms with Gasteiger partial charge in [0.1, 0.15) is 24.7 Å². The van der Waals surface area contributed by atoms with Crippen LogP contribution in [0.3, 0.4) is 0 Å². The number of esters is 1. The van der Waals surface area contributed by atoms with Crippen LogP contribution in [0.15, 0.2) is 84.2 Å². The lowest BCUT2D eigenvalue weighted by molar-refractivity contribution is -0.115. The third kappa shape index (κ3) is 6.04. The van der Waals surface area contributed by atoms with Gasteiger partial charge in [-0.1, -0.05) is 42.5 Å². The van der Waals surface area contributed by atoms with Crippen LogP contribution < -0.4 is 14.4 Å². The molecule has 4 rings (SSSR count). The molecule has 3 aromatic carbocycles. The number of ether oxygens (including phenoxy) is 3. The van der Waals surface area contributed by atoms with Gasteiger partial charge in [-0.2, -0.15) is 0 Å². The van der Waals surface area contributed by atoms with Gasteiger partial charge in [-0.3, -0.25) is 9.69 Å². The summed E-state index contributed by atoms with van der Waals surface area (Å²) in [5.74, 6) is 0.543. The zero-order chi connectivity index (χ0) is 24.6. The number of hydrogen-bond donors (Lipinski definition) is 0. The summed E-state index contributed by atoms with van der Waals surface area (Å²) in [5, 5.41) is 2.22. The molecule has 0 fully saturated rings. The van der Waals surface area contributed by atoms with Crippen molar-refractivity contribution in [1.82, 2.24) is 4.98 Å². The Morgan fingerprint density at radius 1 is 0.914 bits per heavy atom. The Morgan fingerprint density at radius 2 is 1.63 bits per heavy atom. The Labute approximate surface area is 207 Å². The van der Waals surface area contributed by atoms with Crippen molar-refractivity contribution in [3.8, 4) is 11.5 Å². The van der Waals surface area contributed by atoms with Gasteiger partial charge in [-0.15, -0.1) is 11.3 Å². The van der Waals surface area contributed by atoms with E-state index in [0.717, 1.165) is 5.56 Å². The molecule has 0 aliphatic carbocycles. The van der Waals surface area contributed by atoms with Gasteiger partial charge in [0, 0.05) is 12.3 Å². The zero-order valence-corrected chi connectivity index (χ0v) is 20.2. The molecule has 1 amide bonds. The van der Waals surface area contributed by atoms with Crippen molar-refractivity contribution in [3.63, 3.8) is 0 Å². The minimum atomic E-state index is -0.470. The number of amides is 1. The average Bonchev–Trinajstić information content (AvgIpc) is 3.35. The molecule has 0 aliphatic heterocycles. The summed E-state index contributed by atoms with van der Waals surface area (Å²) in [7, 11) is 1.55. The predicted molar refractivity (Wildman–Crippen MR) is 134 cm³/mol. The van der Waals surface area contributed by atoms with Gasteiger partial charge in [0.15, 0.2) is 5.13 Å². The fourth-order valence-electron chi connectivity index (χ4n) is 3.34. The van der Waals surface area contributed by atoms with Crippen molar-refractivity contribution in [3.05, 3.63) is 101 Å². The number of anilines is 2. The van der Waals surface area contributed by atoms with E-state index in [1.54, 1.807) is 48.9 Å². The van der Waals surface area contributed by atoms with E-state index in [4.69, 9.17) is 14.2 Å². The van der Waals surface area contributed by atoms with Gasteiger partial charge < -0.3 is 14.2 Å². The predicted octanol–water partition coefficient (Wildman–Crippen LogP) is 5.77. The van der Waals surface area contributed by atoms with Crippen LogP contribution >= 0.6 is 11.3 Å². The highest BCUT2D eigenvalue weighted by molar-refractivity contribution is 7.14. The van der Waals surface area contributed by atoms with Crippen LogP contribution in [0.2, 0.25) is 0 Å². The Hall–Kier alpha value is -4.17. The maximum Gasteiger partial charge on any atom is 0.338 e. The normalized spacial score (nSPS) is 10.5. The van der Waals surface area contributed by atoms with E-state index >= 15 is 0 Å². The quantitative estimate of drug-likeness (QED) is 0.278. The highest BCUT2D eigenvalue weighted by Gasteiger charge is 2.21. The van der Waals surface area contributed by atoms with Crippen LogP contribution in [0.1, 0.15) is 28.5 Å². The number of thiazole rings is 1. The SMILES string of the molecule is COc1ccccc1N(C(C)=O)c1nc(COC(=O)c2ccc(OCc3ccccc3)cc2)cs1. The molecule has 0 saturated carbocycles. The van der Waals surface area contributed by atoms with E-state index in [-0.39, 0.29) is 12.5 Å². The molecule has 8 heteroatoms. The Morgan fingerprint density at radius 3 is 2.34 bits per heavy atom. The highest BCUT2D eigenvalue weighted by atomic mass is 32.1. The van der Waals surface area contributed by atoms with E-state index in [1.807, 2.05) is 42.5 Å². The summed E-state index contributed by atoms with van der Waals surface area (Å²) in [4.78, 5) is 30.8. The van der Waals surface area contributed by atoms with Crippen molar-refractivity contribution in [1.29, 1.82) is 0 Å². The molecule has 1 heterocycles. The number of hydrogen-bond acceptors (Lipinski definition) is 7.